The SMILES string of the molecule is Cc1nc(C)c(NCCCl)nc1C. The highest BCUT2D eigenvalue weighted by atomic mass is 35.5. The molecule has 1 heterocycles. The molecule has 0 radical (unpaired) electrons. The number of anilines is 1. The van der Waals surface area contributed by atoms with E-state index in [9.17, 15) is 0 Å². The molecule has 0 aliphatic carbocycles. The highest BCUT2D eigenvalue weighted by molar-refractivity contribution is 6.18. The Morgan fingerprint density at radius 1 is 1.08 bits per heavy atom. The minimum atomic E-state index is 0.577. The lowest BCUT2D eigenvalue weighted by Gasteiger charge is -2.08. The van der Waals surface area contributed by atoms with Crippen molar-refractivity contribution < 1.29 is 0 Å². The van der Waals surface area contributed by atoms with Gasteiger partial charge in [-0.25, -0.2) is 4.98 Å². The van der Waals surface area contributed by atoms with Crippen molar-refractivity contribution in [1.82, 2.24) is 9.97 Å². The van der Waals surface area contributed by atoms with E-state index in [1.807, 2.05) is 20.8 Å². The van der Waals surface area contributed by atoms with Gasteiger partial charge in [0, 0.05) is 12.4 Å². The molecule has 0 saturated carbocycles. The van der Waals surface area contributed by atoms with Gasteiger partial charge < -0.3 is 5.32 Å². The summed E-state index contributed by atoms with van der Waals surface area (Å²) < 4.78 is 0. The van der Waals surface area contributed by atoms with Crippen LogP contribution in [0.25, 0.3) is 0 Å². The first-order valence-electron chi connectivity index (χ1n) is 4.27. The summed E-state index contributed by atoms with van der Waals surface area (Å²) in [6.07, 6.45) is 0. The first kappa shape index (κ1) is 10.3. The van der Waals surface area contributed by atoms with Gasteiger partial charge in [0.05, 0.1) is 17.1 Å². The average Bonchev–Trinajstić information content (AvgIpc) is 2.09. The van der Waals surface area contributed by atoms with Crippen LogP contribution >= 0.6 is 11.6 Å². The summed E-state index contributed by atoms with van der Waals surface area (Å²) in [5.74, 6) is 1.41. The molecular formula is C9H14ClN3. The molecule has 0 aliphatic rings. The van der Waals surface area contributed by atoms with E-state index in [0.717, 1.165) is 29.4 Å². The molecule has 1 rings (SSSR count). The van der Waals surface area contributed by atoms with Gasteiger partial charge in [0.15, 0.2) is 0 Å². The van der Waals surface area contributed by atoms with Crippen LogP contribution in [-0.4, -0.2) is 22.4 Å². The van der Waals surface area contributed by atoms with Crippen LogP contribution in [0.5, 0.6) is 0 Å². The Hall–Kier alpha value is -0.830. The number of aryl methyl sites for hydroxylation is 3. The van der Waals surface area contributed by atoms with Crippen LogP contribution in [0.15, 0.2) is 0 Å². The number of alkyl halides is 1. The van der Waals surface area contributed by atoms with E-state index in [0.29, 0.717) is 5.88 Å². The first-order chi connectivity index (χ1) is 6.15. The molecule has 1 N–H and O–H groups in total. The van der Waals surface area contributed by atoms with Gasteiger partial charge in [0.1, 0.15) is 5.82 Å². The molecule has 0 saturated heterocycles. The third-order valence-corrected chi connectivity index (χ3v) is 2.06. The molecule has 0 bridgehead atoms. The number of halogens is 1. The van der Waals surface area contributed by atoms with Crippen molar-refractivity contribution in [3.63, 3.8) is 0 Å². The average molecular weight is 200 g/mol. The van der Waals surface area contributed by atoms with Crippen molar-refractivity contribution in [3.8, 4) is 0 Å². The molecule has 72 valence electrons. The molecule has 0 unspecified atom stereocenters. The fourth-order valence-electron chi connectivity index (χ4n) is 1.05. The minimum Gasteiger partial charge on any atom is -0.367 e. The third kappa shape index (κ3) is 2.56. The molecule has 0 atom stereocenters. The molecule has 0 spiro atoms. The Kier molecular flexibility index (Phi) is 3.48. The molecule has 1 aromatic heterocycles. The summed E-state index contributed by atoms with van der Waals surface area (Å²) in [6, 6.07) is 0. The largest absolute Gasteiger partial charge is 0.367 e. The number of rotatable bonds is 3. The van der Waals surface area contributed by atoms with Crippen LogP contribution in [0.1, 0.15) is 17.1 Å². The molecule has 0 fully saturated rings. The molecule has 0 amide bonds. The first-order valence-corrected chi connectivity index (χ1v) is 4.80. The lowest BCUT2D eigenvalue weighted by atomic mass is 10.3. The number of hydrogen-bond donors (Lipinski definition) is 1. The highest BCUT2D eigenvalue weighted by Crippen LogP contribution is 2.11. The fourth-order valence-corrected chi connectivity index (χ4v) is 1.14. The van der Waals surface area contributed by atoms with Crippen LogP contribution in [0.3, 0.4) is 0 Å². The lowest BCUT2D eigenvalue weighted by Crippen LogP contribution is -2.08. The van der Waals surface area contributed by atoms with Gasteiger partial charge in [-0.15, -0.1) is 11.6 Å². The Labute approximate surface area is 83.5 Å². The van der Waals surface area contributed by atoms with Gasteiger partial charge >= 0.3 is 0 Å². The van der Waals surface area contributed by atoms with E-state index >= 15 is 0 Å². The number of hydrogen-bond acceptors (Lipinski definition) is 3. The smallest absolute Gasteiger partial charge is 0.147 e. The van der Waals surface area contributed by atoms with E-state index < -0.39 is 0 Å². The maximum absolute atomic E-state index is 5.56. The van der Waals surface area contributed by atoms with E-state index in [4.69, 9.17) is 11.6 Å². The van der Waals surface area contributed by atoms with E-state index in [2.05, 4.69) is 15.3 Å². The summed E-state index contributed by atoms with van der Waals surface area (Å²) >= 11 is 5.56. The van der Waals surface area contributed by atoms with Crippen LogP contribution < -0.4 is 5.32 Å². The predicted molar refractivity (Wildman–Crippen MR) is 55.5 cm³/mol. The van der Waals surface area contributed by atoms with Crippen LogP contribution in [-0.2, 0) is 0 Å². The van der Waals surface area contributed by atoms with Gasteiger partial charge in [0.2, 0.25) is 0 Å². The summed E-state index contributed by atoms with van der Waals surface area (Å²) in [5.41, 5.74) is 2.87. The number of nitrogens with one attached hydrogen (secondary N) is 1. The zero-order chi connectivity index (χ0) is 9.84. The Balaban J connectivity index is 2.88. The Bertz CT molecular complexity index is 299. The maximum Gasteiger partial charge on any atom is 0.147 e. The lowest BCUT2D eigenvalue weighted by molar-refractivity contribution is 0.990. The van der Waals surface area contributed by atoms with Crippen molar-refractivity contribution in [2.45, 2.75) is 20.8 Å². The van der Waals surface area contributed by atoms with Gasteiger partial charge in [0.25, 0.3) is 0 Å². The van der Waals surface area contributed by atoms with Crippen molar-refractivity contribution >= 4 is 17.4 Å². The minimum absolute atomic E-state index is 0.577. The second-order valence-electron chi connectivity index (χ2n) is 2.94. The number of aromatic nitrogens is 2. The second kappa shape index (κ2) is 4.42. The molecule has 0 aliphatic heterocycles. The standard InChI is InChI=1S/C9H14ClN3/c1-6-7(2)13-9(8(3)12-6)11-5-4-10/h4-5H2,1-3H3,(H,11,13). The zero-order valence-electron chi connectivity index (χ0n) is 8.19. The van der Waals surface area contributed by atoms with Gasteiger partial charge in [-0.1, -0.05) is 0 Å². The third-order valence-electron chi connectivity index (χ3n) is 1.87. The Morgan fingerprint density at radius 2 is 1.69 bits per heavy atom. The molecular weight excluding hydrogens is 186 g/mol. The molecule has 3 nitrogen and oxygen atoms in total. The summed E-state index contributed by atoms with van der Waals surface area (Å²) in [7, 11) is 0. The molecule has 13 heavy (non-hydrogen) atoms. The van der Waals surface area contributed by atoms with Crippen LogP contribution in [0.4, 0.5) is 5.82 Å². The van der Waals surface area contributed by atoms with Gasteiger partial charge in [-0.2, -0.15) is 0 Å². The van der Waals surface area contributed by atoms with Crippen molar-refractivity contribution in [3.05, 3.63) is 17.1 Å². The van der Waals surface area contributed by atoms with Crippen LogP contribution in [0, 0.1) is 20.8 Å². The predicted octanol–water partition coefficient (Wildman–Crippen LogP) is 2.05. The normalized spacial score (nSPS) is 10.2. The quantitative estimate of drug-likeness (QED) is 0.758. The monoisotopic (exact) mass is 199 g/mol. The van der Waals surface area contributed by atoms with E-state index in [1.165, 1.54) is 0 Å². The maximum atomic E-state index is 5.56. The van der Waals surface area contributed by atoms with Gasteiger partial charge in [-0.3, -0.25) is 4.98 Å². The second-order valence-corrected chi connectivity index (χ2v) is 3.32. The summed E-state index contributed by atoms with van der Waals surface area (Å²) in [5, 5.41) is 3.13. The number of nitrogens with zero attached hydrogens (tertiary/aromatic N) is 2. The molecule has 1 aromatic rings. The summed E-state index contributed by atoms with van der Waals surface area (Å²) in [6.45, 7) is 6.57. The highest BCUT2D eigenvalue weighted by Gasteiger charge is 2.03. The van der Waals surface area contributed by atoms with Crippen molar-refractivity contribution in [1.29, 1.82) is 0 Å². The topological polar surface area (TPSA) is 37.8 Å². The van der Waals surface area contributed by atoms with Crippen LogP contribution in [0.2, 0.25) is 0 Å². The van der Waals surface area contributed by atoms with Crippen molar-refractivity contribution in [2.75, 3.05) is 17.7 Å². The molecule has 4 heteroatoms. The van der Waals surface area contributed by atoms with Gasteiger partial charge in [-0.05, 0) is 20.8 Å². The Morgan fingerprint density at radius 3 is 2.31 bits per heavy atom. The van der Waals surface area contributed by atoms with E-state index in [1.54, 1.807) is 0 Å². The van der Waals surface area contributed by atoms with Crippen molar-refractivity contribution in [2.24, 2.45) is 0 Å². The summed E-state index contributed by atoms with van der Waals surface area (Å²) in [4.78, 5) is 8.74. The molecule has 0 aromatic carbocycles. The van der Waals surface area contributed by atoms with E-state index in [-0.39, 0.29) is 0 Å². The fraction of sp³-hybridized carbons (Fsp3) is 0.556. The zero-order valence-corrected chi connectivity index (χ0v) is 8.94.